The van der Waals surface area contributed by atoms with Crippen molar-refractivity contribution in [2.75, 3.05) is 6.54 Å². The number of hydrogen-bond acceptors (Lipinski definition) is 2. The number of amides is 1. The summed E-state index contributed by atoms with van der Waals surface area (Å²) in [7, 11) is 0. The highest BCUT2D eigenvalue weighted by Gasteiger charge is 2.31. The first-order valence-electron chi connectivity index (χ1n) is 5.94. The van der Waals surface area contributed by atoms with E-state index in [-0.39, 0.29) is 5.91 Å². The first kappa shape index (κ1) is 12.6. The monoisotopic (exact) mass is 296 g/mol. The summed E-state index contributed by atoms with van der Waals surface area (Å²) in [5.41, 5.74) is 0.950. The van der Waals surface area contributed by atoms with Gasteiger partial charge in [0.2, 0.25) is 5.91 Å². The predicted octanol–water partition coefficient (Wildman–Crippen LogP) is 2.85. The van der Waals surface area contributed by atoms with Crippen molar-refractivity contribution in [1.82, 2.24) is 9.88 Å². The molecule has 2 heterocycles. The molecule has 92 valence electrons. The Kier molecular flexibility index (Phi) is 3.82. The molecule has 2 rings (SSSR count). The Morgan fingerprint density at radius 2 is 2.29 bits per heavy atom. The predicted molar refractivity (Wildman–Crippen MR) is 70.3 cm³/mol. The van der Waals surface area contributed by atoms with Crippen molar-refractivity contribution < 1.29 is 4.79 Å². The Morgan fingerprint density at radius 1 is 1.53 bits per heavy atom. The molecule has 0 bridgehead atoms. The topological polar surface area (TPSA) is 33.2 Å². The zero-order valence-electron chi connectivity index (χ0n) is 10.2. The van der Waals surface area contributed by atoms with Crippen LogP contribution in [0.5, 0.6) is 0 Å². The number of likely N-dealkylation sites (tertiary alicyclic amines) is 1. The van der Waals surface area contributed by atoms with E-state index in [9.17, 15) is 4.79 Å². The fourth-order valence-electron chi connectivity index (χ4n) is 2.10. The lowest BCUT2D eigenvalue weighted by Gasteiger charge is -2.17. The van der Waals surface area contributed by atoms with Gasteiger partial charge in [-0.1, -0.05) is 13.8 Å². The normalized spacial score (nSPS) is 20.4. The Morgan fingerprint density at radius 3 is 2.82 bits per heavy atom. The number of pyridine rings is 1. The second-order valence-electron chi connectivity index (χ2n) is 4.95. The number of hydrogen-bond donors (Lipinski definition) is 0. The van der Waals surface area contributed by atoms with Crippen molar-refractivity contribution in [1.29, 1.82) is 0 Å². The molecule has 4 heteroatoms. The Labute approximate surface area is 110 Å². The maximum Gasteiger partial charge on any atom is 0.223 e. The molecule has 1 amide bonds. The summed E-state index contributed by atoms with van der Waals surface area (Å²) in [4.78, 5) is 18.1. The molecular weight excluding hydrogens is 280 g/mol. The van der Waals surface area contributed by atoms with E-state index < -0.39 is 0 Å². The first-order valence-corrected chi connectivity index (χ1v) is 6.73. The molecule has 0 N–H and O–H groups in total. The SMILES string of the molecule is CC(C)C1CC(=O)N(Cc2ccc(Br)cn2)C1. The van der Waals surface area contributed by atoms with E-state index in [2.05, 4.69) is 34.8 Å². The molecule has 0 radical (unpaired) electrons. The summed E-state index contributed by atoms with van der Waals surface area (Å²) in [6.07, 6.45) is 2.46. The lowest BCUT2D eigenvalue weighted by molar-refractivity contribution is -0.128. The maximum absolute atomic E-state index is 11.8. The molecule has 1 aromatic heterocycles. The van der Waals surface area contributed by atoms with E-state index in [0.29, 0.717) is 24.8 Å². The number of halogens is 1. The number of aromatic nitrogens is 1. The first-order chi connectivity index (χ1) is 8.06. The lowest BCUT2D eigenvalue weighted by Crippen LogP contribution is -2.25. The average molecular weight is 297 g/mol. The molecule has 1 atom stereocenters. The van der Waals surface area contributed by atoms with Gasteiger partial charge < -0.3 is 4.90 Å². The average Bonchev–Trinajstić information content (AvgIpc) is 2.64. The molecule has 0 aliphatic carbocycles. The number of nitrogens with zero attached hydrogens (tertiary/aromatic N) is 2. The minimum Gasteiger partial charge on any atom is -0.336 e. The molecule has 1 aliphatic rings. The van der Waals surface area contributed by atoms with Crippen LogP contribution in [0.2, 0.25) is 0 Å². The zero-order chi connectivity index (χ0) is 12.4. The number of carbonyl (C=O) groups is 1. The Hall–Kier alpha value is -0.900. The van der Waals surface area contributed by atoms with Gasteiger partial charge in [-0.05, 0) is 39.9 Å². The molecule has 1 fully saturated rings. The smallest absolute Gasteiger partial charge is 0.223 e. The highest BCUT2D eigenvalue weighted by Crippen LogP contribution is 2.25. The van der Waals surface area contributed by atoms with Crippen LogP contribution in [0.1, 0.15) is 26.0 Å². The number of carbonyl (C=O) groups excluding carboxylic acids is 1. The van der Waals surface area contributed by atoms with E-state index in [1.807, 2.05) is 17.0 Å². The minimum absolute atomic E-state index is 0.258. The van der Waals surface area contributed by atoms with Gasteiger partial charge in [-0.2, -0.15) is 0 Å². The van der Waals surface area contributed by atoms with Crippen LogP contribution in [0.25, 0.3) is 0 Å². The van der Waals surface area contributed by atoms with Crippen LogP contribution in [0, 0.1) is 11.8 Å². The summed E-state index contributed by atoms with van der Waals surface area (Å²) in [5, 5.41) is 0. The van der Waals surface area contributed by atoms with Crippen molar-refractivity contribution in [3.63, 3.8) is 0 Å². The van der Waals surface area contributed by atoms with Gasteiger partial charge in [-0.3, -0.25) is 9.78 Å². The van der Waals surface area contributed by atoms with E-state index in [0.717, 1.165) is 16.7 Å². The van der Waals surface area contributed by atoms with Gasteiger partial charge in [-0.15, -0.1) is 0 Å². The largest absolute Gasteiger partial charge is 0.336 e. The van der Waals surface area contributed by atoms with Gasteiger partial charge in [0.05, 0.1) is 12.2 Å². The fourth-order valence-corrected chi connectivity index (χ4v) is 2.33. The highest BCUT2D eigenvalue weighted by molar-refractivity contribution is 9.10. The quantitative estimate of drug-likeness (QED) is 0.859. The highest BCUT2D eigenvalue weighted by atomic mass is 79.9. The van der Waals surface area contributed by atoms with E-state index in [1.54, 1.807) is 6.20 Å². The molecule has 1 saturated heterocycles. The Balaban J connectivity index is 2.00. The summed E-state index contributed by atoms with van der Waals surface area (Å²) in [6, 6.07) is 3.92. The number of rotatable bonds is 3. The molecule has 17 heavy (non-hydrogen) atoms. The standard InChI is InChI=1S/C13H17BrN2O/c1-9(2)10-5-13(17)16(7-10)8-12-4-3-11(14)6-15-12/h3-4,6,9-10H,5,7-8H2,1-2H3. The molecule has 1 unspecified atom stereocenters. The van der Waals surface area contributed by atoms with Gasteiger partial charge in [0.15, 0.2) is 0 Å². The van der Waals surface area contributed by atoms with Crippen molar-refractivity contribution in [3.05, 3.63) is 28.5 Å². The van der Waals surface area contributed by atoms with Crippen molar-refractivity contribution >= 4 is 21.8 Å². The molecule has 0 spiro atoms. The van der Waals surface area contributed by atoms with Crippen LogP contribution in [-0.4, -0.2) is 22.3 Å². The molecule has 3 nitrogen and oxygen atoms in total. The summed E-state index contributed by atoms with van der Waals surface area (Å²) >= 11 is 3.36. The minimum atomic E-state index is 0.258. The third-order valence-corrected chi connectivity index (χ3v) is 3.80. The summed E-state index contributed by atoms with van der Waals surface area (Å²) in [6.45, 7) is 5.86. The van der Waals surface area contributed by atoms with Crippen LogP contribution >= 0.6 is 15.9 Å². The van der Waals surface area contributed by atoms with E-state index in [4.69, 9.17) is 0 Å². The molecule has 0 aromatic carbocycles. The lowest BCUT2D eigenvalue weighted by atomic mass is 9.95. The maximum atomic E-state index is 11.8. The van der Waals surface area contributed by atoms with Crippen molar-refractivity contribution in [2.24, 2.45) is 11.8 Å². The van der Waals surface area contributed by atoms with Crippen LogP contribution in [0.3, 0.4) is 0 Å². The van der Waals surface area contributed by atoms with E-state index in [1.165, 1.54) is 0 Å². The van der Waals surface area contributed by atoms with Gasteiger partial charge in [0.25, 0.3) is 0 Å². The zero-order valence-corrected chi connectivity index (χ0v) is 11.8. The van der Waals surface area contributed by atoms with Gasteiger partial charge in [0.1, 0.15) is 0 Å². The van der Waals surface area contributed by atoms with Crippen LogP contribution < -0.4 is 0 Å². The van der Waals surface area contributed by atoms with Gasteiger partial charge in [0, 0.05) is 23.6 Å². The van der Waals surface area contributed by atoms with Crippen LogP contribution in [0.4, 0.5) is 0 Å². The third-order valence-electron chi connectivity index (χ3n) is 3.33. The van der Waals surface area contributed by atoms with Crippen LogP contribution in [0.15, 0.2) is 22.8 Å². The second-order valence-corrected chi connectivity index (χ2v) is 5.87. The molecular formula is C13H17BrN2O. The molecule has 0 saturated carbocycles. The second kappa shape index (κ2) is 5.17. The molecule has 1 aliphatic heterocycles. The van der Waals surface area contributed by atoms with Gasteiger partial charge in [-0.25, -0.2) is 0 Å². The van der Waals surface area contributed by atoms with Crippen molar-refractivity contribution in [2.45, 2.75) is 26.8 Å². The van der Waals surface area contributed by atoms with Crippen molar-refractivity contribution in [3.8, 4) is 0 Å². The fraction of sp³-hybridized carbons (Fsp3) is 0.538. The van der Waals surface area contributed by atoms with Gasteiger partial charge >= 0.3 is 0 Å². The third kappa shape index (κ3) is 3.06. The van der Waals surface area contributed by atoms with Crippen LogP contribution in [-0.2, 0) is 11.3 Å². The summed E-state index contributed by atoms with van der Waals surface area (Å²) < 4.78 is 0.967. The Bertz CT molecular complexity index is 402. The molecule has 1 aromatic rings. The summed E-state index contributed by atoms with van der Waals surface area (Å²) in [5.74, 6) is 1.33. The van der Waals surface area contributed by atoms with E-state index >= 15 is 0 Å².